The molecule has 0 aliphatic heterocycles. The number of alkyl carbamates (subject to hydrolysis) is 1. The van der Waals surface area contributed by atoms with Crippen LogP contribution in [0, 0.1) is 5.92 Å². The summed E-state index contributed by atoms with van der Waals surface area (Å²) in [6, 6.07) is 6.86. The van der Waals surface area contributed by atoms with Gasteiger partial charge in [0.15, 0.2) is 0 Å². The highest BCUT2D eigenvalue weighted by Crippen LogP contribution is 2.06. The highest BCUT2D eigenvalue weighted by Gasteiger charge is 2.31. The summed E-state index contributed by atoms with van der Waals surface area (Å²) in [5.74, 6) is -1.55. The first-order valence-corrected chi connectivity index (χ1v) is 8.29. The zero-order valence-corrected chi connectivity index (χ0v) is 15.4. The number of methoxy groups -OCH3 is 1. The van der Waals surface area contributed by atoms with Crippen LogP contribution in [0.3, 0.4) is 0 Å². The Morgan fingerprint density at radius 3 is 2.15 bits per heavy atom. The van der Waals surface area contributed by atoms with Gasteiger partial charge in [-0.3, -0.25) is 4.79 Å². The van der Waals surface area contributed by atoms with Gasteiger partial charge < -0.3 is 25.2 Å². The van der Waals surface area contributed by atoms with Gasteiger partial charge in [-0.05, 0) is 18.4 Å². The Bertz CT molecular complexity index is 603. The van der Waals surface area contributed by atoms with Crippen molar-refractivity contribution < 1.29 is 29.0 Å². The Balaban J connectivity index is 2.67. The summed E-state index contributed by atoms with van der Waals surface area (Å²) < 4.78 is 9.70. The highest BCUT2D eigenvalue weighted by molar-refractivity contribution is 5.90. The van der Waals surface area contributed by atoms with E-state index in [9.17, 15) is 19.5 Å². The van der Waals surface area contributed by atoms with E-state index in [4.69, 9.17) is 4.74 Å². The van der Waals surface area contributed by atoms with E-state index in [1.54, 1.807) is 26.0 Å². The SMILES string of the molecule is COC(=O)[C@@H](NC(=O)C(NC(=O)OCc1ccccc1)C(C)O)C(C)C. The number of hydrogen-bond donors (Lipinski definition) is 3. The van der Waals surface area contributed by atoms with Gasteiger partial charge in [0.1, 0.15) is 18.7 Å². The Morgan fingerprint density at radius 1 is 1.04 bits per heavy atom. The van der Waals surface area contributed by atoms with Gasteiger partial charge in [0.05, 0.1) is 13.2 Å². The van der Waals surface area contributed by atoms with E-state index < -0.39 is 36.2 Å². The second-order valence-electron chi connectivity index (χ2n) is 6.18. The molecule has 0 heterocycles. The largest absolute Gasteiger partial charge is 0.467 e. The molecule has 0 bridgehead atoms. The van der Waals surface area contributed by atoms with Crippen molar-refractivity contribution in [3.8, 4) is 0 Å². The van der Waals surface area contributed by atoms with E-state index in [0.717, 1.165) is 5.56 Å². The van der Waals surface area contributed by atoms with Crippen LogP contribution in [0.4, 0.5) is 4.79 Å². The lowest BCUT2D eigenvalue weighted by Gasteiger charge is -2.25. The van der Waals surface area contributed by atoms with E-state index in [-0.39, 0.29) is 12.5 Å². The fourth-order valence-electron chi connectivity index (χ4n) is 2.16. The first kappa shape index (κ1) is 21.4. The molecule has 0 aliphatic carbocycles. The molecule has 0 saturated heterocycles. The number of hydrogen-bond acceptors (Lipinski definition) is 6. The zero-order valence-electron chi connectivity index (χ0n) is 15.4. The minimum atomic E-state index is -1.27. The number of esters is 1. The standard InChI is InChI=1S/C18H26N2O6/c1-11(2)14(17(23)25-4)19-16(22)15(12(3)21)20-18(24)26-10-13-8-6-5-7-9-13/h5-9,11-12,14-15,21H,10H2,1-4H3,(H,19,22)(H,20,24)/t12?,14-,15?/m0/s1. The number of ether oxygens (including phenoxy) is 2. The van der Waals surface area contributed by atoms with Gasteiger partial charge in [-0.15, -0.1) is 0 Å². The molecule has 1 aromatic rings. The third-order valence-corrected chi connectivity index (χ3v) is 3.67. The molecule has 1 rings (SSSR count). The number of amides is 2. The van der Waals surface area contributed by atoms with E-state index in [0.29, 0.717) is 0 Å². The second-order valence-corrected chi connectivity index (χ2v) is 6.18. The molecule has 3 N–H and O–H groups in total. The maximum atomic E-state index is 12.4. The number of aliphatic hydroxyl groups excluding tert-OH is 1. The van der Waals surface area contributed by atoms with Crippen molar-refractivity contribution in [1.29, 1.82) is 0 Å². The first-order chi connectivity index (χ1) is 12.3. The summed E-state index contributed by atoms with van der Waals surface area (Å²) in [6.45, 7) is 4.85. The van der Waals surface area contributed by atoms with Gasteiger partial charge >= 0.3 is 12.1 Å². The summed E-state index contributed by atoms with van der Waals surface area (Å²) in [5, 5.41) is 14.6. The van der Waals surface area contributed by atoms with Crippen LogP contribution in [0.25, 0.3) is 0 Å². The Hall–Kier alpha value is -2.61. The molecule has 2 amide bonds. The number of nitrogens with one attached hydrogen (secondary N) is 2. The van der Waals surface area contributed by atoms with Crippen LogP contribution in [-0.4, -0.2) is 48.4 Å². The van der Waals surface area contributed by atoms with E-state index in [1.807, 2.05) is 18.2 Å². The minimum absolute atomic E-state index is 0.0254. The van der Waals surface area contributed by atoms with Crippen LogP contribution in [0.5, 0.6) is 0 Å². The fourth-order valence-corrected chi connectivity index (χ4v) is 2.16. The first-order valence-electron chi connectivity index (χ1n) is 8.29. The summed E-state index contributed by atoms with van der Waals surface area (Å²) in [4.78, 5) is 36.1. The average Bonchev–Trinajstić information content (AvgIpc) is 2.61. The quantitative estimate of drug-likeness (QED) is 0.591. The lowest BCUT2D eigenvalue weighted by atomic mass is 10.0. The Morgan fingerprint density at radius 2 is 1.65 bits per heavy atom. The summed E-state index contributed by atoms with van der Waals surface area (Å²) in [7, 11) is 1.22. The lowest BCUT2D eigenvalue weighted by Crippen LogP contribution is -2.57. The molecule has 0 aliphatic rings. The van der Waals surface area contributed by atoms with Crippen LogP contribution < -0.4 is 10.6 Å². The molecule has 8 nitrogen and oxygen atoms in total. The summed E-state index contributed by atoms with van der Waals surface area (Å²) in [6.07, 6.45) is -2.04. The Kier molecular flexibility index (Phi) is 8.57. The smallest absolute Gasteiger partial charge is 0.408 e. The van der Waals surface area contributed by atoms with Gasteiger partial charge in [0, 0.05) is 0 Å². The third-order valence-electron chi connectivity index (χ3n) is 3.67. The molecule has 1 aromatic carbocycles. The molecule has 26 heavy (non-hydrogen) atoms. The molecule has 0 aromatic heterocycles. The Labute approximate surface area is 152 Å². The minimum Gasteiger partial charge on any atom is -0.467 e. The van der Waals surface area contributed by atoms with Crippen molar-refractivity contribution in [2.75, 3.05) is 7.11 Å². The third kappa shape index (κ3) is 6.72. The molecule has 0 spiro atoms. The van der Waals surface area contributed by atoms with Crippen LogP contribution in [0.15, 0.2) is 30.3 Å². The van der Waals surface area contributed by atoms with Crippen LogP contribution in [-0.2, 0) is 25.7 Å². The van der Waals surface area contributed by atoms with Crippen LogP contribution >= 0.6 is 0 Å². The summed E-state index contributed by atoms with van der Waals surface area (Å²) >= 11 is 0. The number of rotatable bonds is 8. The second kappa shape index (κ2) is 10.4. The summed E-state index contributed by atoms with van der Waals surface area (Å²) in [5.41, 5.74) is 0.784. The maximum Gasteiger partial charge on any atom is 0.408 e. The van der Waals surface area contributed by atoms with Crippen molar-refractivity contribution in [2.24, 2.45) is 5.92 Å². The van der Waals surface area contributed by atoms with Crippen LogP contribution in [0.1, 0.15) is 26.3 Å². The average molecular weight is 366 g/mol. The number of aliphatic hydroxyl groups is 1. The molecular formula is C18H26N2O6. The molecule has 8 heteroatoms. The van der Waals surface area contributed by atoms with Gasteiger partial charge in [0.2, 0.25) is 5.91 Å². The molecule has 0 radical (unpaired) electrons. The lowest BCUT2D eigenvalue weighted by molar-refractivity contribution is -0.147. The molecule has 2 unspecified atom stereocenters. The highest BCUT2D eigenvalue weighted by atomic mass is 16.5. The normalized spacial score (nSPS) is 14.1. The molecule has 144 valence electrons. The van der Waals surface area contributed by atoms with Gasteiger partial charge in [0.25, 0.3) is 0 Å². The van der Waals surface area contributed by atoms with Gasteiger partial charge in [-0.2, -0.15) is 0 Å². The predicted molar refractivity (Wildman–Crippen MR) is 94.0 cm³/mol. The van der Waals surface area contributed by atoms with E-state index in [1.165, 1.54) is 14.0 Å². The monoisotopic (exact) mass is 366 g/mol. The number of carbonyl (C=O) groups is 3. The topological polar surface area (TPSA) is 114 Å². The van der Waals surface area contributed by atoms with Gasteiger partial charge in [-0.25, -0.2) is 9.59 Å². The molecule has 3 atom stereocenters. The molecule has 0 fully saturated rings. The molecular weight excluding hydrogens is 340 g/mol. The number of benzene rings is 1. The van der Waals surface area contributed by atoms with E-state index >= 15 is 0 Å². The van der Waals surface area contributed by atoms with Crippen LogP contribution in [0.2, 0.25) is 0 Å². The van der Waals surface area contributed by atoms with Crippen molar-refractivity contribution in [2.45, 2.75) is 45.6 Å². The van der Waals surface area contributed by atoms with Crippen molar-refractivity contribution in [3.05, 3.63) is 35.9 Å². The zero-order chi connectivity index (χ0) is 19.7. The maximum absolute atomic E-state index is 12.4. The van der Waals surface area contributed by atoms with E-state index in [2.05, 4.69) is 15.4 Å². The van der Waals surface area contributed by atoms with Gasteiger partial charge in [-0.1, -0.05) is 44.2 Å². The predicted octanol–water partition coefficient (Wildman–Crippen LogP) is 0.976. The van der Waals surface area contributed by atoms with Crippen molar-refractivity contribution in [3.63, 3.8) is 0 Å². The molecule has 0 saturated carbocycles. The fraction of sp³-hybridized carbons (Fsp3) is 0.500. The number of carbonyl (C=O) groups excluding carboxylic acids is 3. The van der Waals surface area contributed by atoms with Crippen molar-refractivity contribution in [1.82, 2.24) is 10.6 Å². The van der Waals surface area contributed by atoms with Crippen molar-refractivity contribution >= 4 is 18.0 Å².